The minimum atomic E-state index is -3.14. The molecule has 0 aliphatic heterocycles. The summed E-state index contributed by atoms with van der Waals surface area (Å²) in [5.74, 6) is 0. The first kappa shape index (κ1) is 9.96. The van der Waals surface area contributed by atoms with E-state index in [0.717, 1.165) is 11.7 Å². The Morgan fingerprint density at radius 3 is 2.55 bits per heavy atom. The van der Waals surface area contributed by atoms with Crippen LogP contribution in [0, 0.1) is 0 Å². The Morgan fingerprint density at radius 1 is 1.64 bits per heavy atom. The molecule has 1 amide bonds. The van der Waals surface area contributed by atoms with Crippen molar-refractivity contribution in [3.63, 3.8) is 0 Å². The fourth-order valence-electron chi connectivity index (χ4n) is 0.369. The lowest BCUT2D eigenvalue weighted by molar-refractivity contribution is 0.195. The van der Waals surface area contributed by atoms with Crippen LogP contribution >= 0.6 is 0 Å². The topological polar surface area (TPSA) is 83.5 Å². The zero-order valence-corrected chi connectivity index (χ0v) is 6.76. The van der Waals surface area contributed by atoms with Gasteiger partial charge in [-0.05, 0) is 0 Å². The first-order chi connectivity index (χ1) is 4.92. The van der Waals surface area contributed by atoms with Crippen LogP contribution < -0.4 is 5.32 Å². The Labute approximate surface area is 64.6 Å². The first-order valence-electron chi connectivity index (χ1n) is 2.75. The molecule has 0 aliphatic rings. The average Bonchev–Trinajstić information content (AvgIpc) is 1.78. The summed E-state index contributed by atoms with van der Waals surface area (Å²) in [5.41, 5.74) is 0. The van der Waals surface area contributed by atoms with Crippen LogP contribution in [-0.2, 0) is 9.84 Å². The smallest absolute Gasteiger partial charge is 0.404 e. The SMILES string of the molecule is CS(=O)(=O)C=CCNC(=O)O. The predicted molar refractivity (Wildman–Crippen MR) is 40.0 cm³/mol. The molecule has 0 aromatic heterocycles. The Hall–Kier alpha value is -1.04. The molecular formula is C5H9NO4S. The maximum atomic E-state index is 10.4. The summed E-state index contributed by atoms with van der Waals surface area (Å²) in [6.07, 6.45) is 1.08. The highest BCUT2D eigenvalue weighted by atomic mass is 32.2. The number of carbonyl (C=O) groups is 1. The maximum absolute atomic E-state index is 10.4. The van der Waals surface area contributed by atoms with E-state index < -0.39 is 15.9 Å². The molecule has 0 unspecified atom stereocenters. The lowest BCUT2D eigenvalue weighted by Crippen LogP contribution is -2.20. The third kappa shape index (κ3) is 8.96. The van der Waals surface area contributed by atoms with E-state index in [1.807, 2.05) is 5.32 Å². The van der Waals surface area contributed by atoms with Crippen molar-refractivity contribution in [3.8, 4) is 0 Å². The minimum Gasteiger partial charge on any atom is -0.465 e. The second-order valence-corrected chi connectivity index (χ2v) is 3.82. The summed E-state index contributed by atoms with van der Waals surface area (Å²) in [6, 6.07) is 0. The molecule has 0 bridgehead atoms. The fourth-order valence-corrected chi connectivity index (χ4v) is 0.815. The van der Waals surface area contributed by atoms with Gasteiger partial charge in [-0.25, -0.2) is 13.2 Å². The Balaban J connectivity index is 3.72. The number of amides is 1. The zero-order chi connectivity index (χ0) is 8.91. The third-order valence-corrected chi connectivity index (χ3v) is 1.40. The van der Waals surface area contributed by atoms with Crippen molar-refractivity contribution >= 4 is 15.9 Å². The first-order valence-corrected chi connectivity index (χ1v) is 4.70. The van der Waals surface area contributed by atoms with Crippen molar-refractivity contribution in [1.82, 2.24) is 5.32 Å². The van der Waals surface area contributed by atoms with E-state index >= 15 is 0 Å². The van der Waals surface area contributed by atoms with Crippen LogP contribution in [0.15, 0.2) is 11.5 Å². The van der Waals surface area contributed by atoms with Gasteiger partial charge in [-0.1, -0.05) is 6.08 Å². The van der Waals surface area contributed by atoms with Crippen LogP contribution in [0.2, 0.25) is 0 Å². The van der Waals surface area contributed by atoms with Gasteiger partial charge in [-0.3, -0.25) is 0 Å². The summed E-state index contributed by atoms with van der Waals surface area (Å²) in [6.45, 7) is 0.00238. The standard InChI is InChI=1S/C5H9NO4S/c1-11(9,10)4-2-3-6-5(7)8/h2,4,6H,3H2,1H3,(H,7,8). The average molecular weight is 179 g/mol. The van der Waals surface area contributed by atoms with Crippen LogP contribution in [0.5, 0.6) is 0 Å². The second-order valence-electron chi connectivity index (χ2n) is 1.89. The highest BCUT2D eigenvalue weighted by Crippen LogP contribution is 1.83. The highest BCUT2D eigenvalue weighted by Gasteiger charge is 1.92. The van der Waals surface area contributed by atoms with Gasteiger partial charge >= 0.3 is 6.09 Å². The van der Waals surface area contributed by atoms with Crippen LogP contribution in [0.4, 0.5) is 4.79 Å². The fraction of sp³-hybridized carbons (Fsp3) is 0.400. The molecule has 0 aliphatic carbocycles. The van der Waals surface area contributed by atoms with Gasteiger partial charge in [-0.2, -0.15) is 0 Å². The number of sulfone groups is 1. The summed E-state index contributed by atoms with van der Waals surface area (Å²) in [4.78, 5) is 9.83. The van der Waals surface area contributed by atoms with Gasteiger partial charge in [0.25, 0.3) is 0 Å². The van der Waals surface area contributed by atoms with Gasteiger partial charge in [0.1, 0.15) is 0 Å². The predicted octanol–water partition coefficient (Wildman–Crippen LogP) is -0.188. The Kier molecular flexibility index (Phi) is 3.59. The number of hydrogen-bond acceptors (Lipinski definition) is 3. The second kappa shape index (κ2) is 3.97. The van der Waals surface area contributed by atoms with Gasteiger partial charge < -0.3 is 10.4 Å². The summed E-state index contributed by atoms with van der Waals surface area (Å²) in [7, 11) is -3.14. The number of rotatable bonds is 3. The monoisotopic (exact) mass is 179 g/mol. The van der Waals surface area contributed by atoms with Gasteiger partial charge in [0.05, 0.1) is 0 Å². The van der Waals surface area contributed by atoms with Crippen molar-refractivity contribution in [1.29, 1.82) is 0 Å². The van der Waals surface area contributed by atoms with E-state index in [1.165, 1.54) is 6.08 Å². The van der Waals surface area contributed by atoms with Gasteiger partial charge in [0.2, 0.25) is 0 Å². The number of carboxylic acid groups (broad SMARTS) is 1. The highest BCUT2D eigenvalue weighted by molar-refractivity contribution is 7.93. The molecule has 0 radical (unpaired) electrons. The summed E-state index contributed by atoms with van der Waals surface area (Å²) in [5, 5.41) is 11.0. The molecule has 0 spiro atoms. The van der Waals surface area contributed by atoms with E-state index in [-0.39, 0.29) is 6.54 Å². The van der Waals surface area contributed by atoms with E-state index in [2.05, 4.69) is 0 Å². The van der Waals surface area contributed by atoms with Crippen LogP contribution in [-0.4, -0.2) is 32.4 Å². The van der Waals surface area contributed by atoms with Crippen molar-refractivity contribution in [2.45, 2.75) is 0 Å². The molecule has 0 saturated heterocycles. The molecule has 0 fully saturated rings. The van der Waals surface area contributed by atoms with Crippen molar-refractivity contribution in [2.24, 2.45) is 0 Å². The zero-order valence-electron chi connectivity index (χ0n) is 5.94. The lowest BCUT2D eigenvalue weighted by atomic mass is 10.6. The normalized spacial score (nSPS) is 11.7. The maximum Gasteiger partial charge on any atom is 0.404 e. The van der Waals surface area contributed by atoms with Crippen LogP contribution in [0.3, 0.4) is 0 Å². The Bertz CT molecular complexity index is 254. The quantitative estimate of drug-likeness (QED) is 0.629. The van der Waals surface area contributed by atoms with Gasteiger partial charge in [-0.15, -0.1) is 0 Å². The van der Waals surface area contributed by atoms with E-state index in [9.17, 15) is 13.2 Å². The van der Waals surface area contributed by atoms with E-state index in [4.69, 9.17) is 5.11 Å². The summed E-state index contributed by atoms with van der Waals surface area (Å²) < 4.78 is 20.8. The third-order valence-electron chi connectivity index (χ3n) is 0.715. The van der Waals surface area contributed by atoms with Crippen LogP contribution in [0.25, 0.3) is 0 Å². The molecule has 0 heterocycles. The molecular weight excluding hydrogens is 170 g/mol. The molecule has 2 N–H and O–H groups in total. The van der Waals surface area contributed by atoms with Crippen LogP contribution in [0.1, 0.15) is 0 Å². The molecule has 0 atom stereocenters. The molecule has 11 heavy (non-hydrogen) atoms. The minimum absolute atomic E-state index is 0.00238. The van der Waals surface area contributed by atoms with E-state index in [0.29, 0.717) is 0 Å². The molecule has 0 aromatic carbocycles. The van der Waals surface area contributed by atoms with Gasteiger partial charge in [0.15, 0.2) is 9.84 Å². The lowest BCUT2D eigenvalue weighted by Gasteiger charge is -1.91. The largest absolute Gasteiger partial charge is 0.465 e. The molecule has 5 nitrogen and oxygen atoms in total. The number of hydrogen-bond donors (Lipinski definition) is 2. The molecule has 6 heteroatoms. The van der Waals surface area contributed by atoms with Gasteiger partial charge in [0, 0.05) is 18.2 Å². The van der Waals surface area contributed by atoms with Crippen molar-refractivity contribution < 1.29 is 18.3 Å². The summed E-state index contributed by atoms with van der Waals surface area (Å²) >= 11 is 0. The molecule has 0 aromatic rings. The molecule has 0 saturated carbocycles. The van der Waals surface area contributed by atoms with Crippen molar-refractivity contribution in [3.05, 3.63) is 11.5 Å². The molecule has 0 rings (SSSR count). The number of nitrogens with one attached hydrogen (secondary N) is 1. The van der Waals surface area contributed by atoms with E-state index in [1.54, 1.807) is 0 Å². The Morgan fingerprint density at radius 2 is 2.18 bits per heavy atom. The van der Waals surface area contributed by atoms with Crippen molar-refractivity contribution in [2.75, 3.05) is 12.8 Å². The molecule has 64 valence electrons.